The fourth-order valence-corrected chi connectivity index (χ4v) is 3.96. The zero-order valence-electron chi connectivity index (χ0n) is 12.5. The fraction of sp³-hybridized carbons (Fsp3) is 0.647. The van der Waals surface area contributed by atoms with Crippen molar-refractivity contribution in [1.29, 1.82) is 0 Å². The third-order valence-electron chi connectivity index (χ3n) is 5.51. The molecule has 112 valence electrons. The van der Waals surface area contributed by atoms with Gasteiger partial charge in [0.15, 0.2) is 0 Å². The van der Waals surface area contributed by atoms with Crippen molar-refractivity contribution in [3.63, 3.8) is 0 Å². The highest BCUT2D eigenvalue weighted by molar-refractivity contribution is 7.80. The number of nitrogens with two attached hydrogens (primary N) is 1. The summed E-state index contributed by atoms with van der Waals surface area (Å²) < 4.78 is 0. The number of aryl methyl sites for hydroxylation is 2. The first kappa shape index (κ1) is 13.5. The number of nitrogens with one attached hydrogen (secondary N) is 1. The predicted molar refractivity (Wildman–Crippen MR) is 89.6 cm³/mol. The smallest absolute Gasteiger partial charge is 0.136 e. The van der Waals surface area contributed by atoms with E-state index in [-0.39, 0.29) is 0 Å². The van der Waals surface area contributed by atoms with Crippen LogP contribution in [-0.2, 0) is 12.8 Å². The maximum Gasteiger partial charge on any atom is 0.136 e. The molecule has 2 fully saturated rings. The Morgan fingerprint density at radius 3 is 2.76 bits per heavy atom. The molecule has 1 aromatic heterocycles. The van der Waals surface area contributed by atoms with E-state index >= 15 is 0 Å². The Morgan fingerprint density at radius 2 is 2.10 bits per heavy atom. The first-order valence-corrected chi connectivity index (χ1v) is 8.65. The molecule has 3 aliphatic carbocycles. The lowest BCUT2D eigenvalue weighted by Gasteiger charge is -2.21. The summed E-state index contributed by atoms with van der Waals surface area (Å²) in [6.07, 6.45) is 10.3. The largest absolute Gasteiger partial charge is 0.389 e. The molecule has 4 rings (SSSR count). The van der Waals surface area contributed by atoms with Gasteiger partial charge in [0.2, 0.25) is 0 Å². The number of pyridine rings is 1. The van der Waals surface area contributed by atoms with Crippen LogP contribution in [0.3, 0.4) is 0 Å². The van der Waals surface area contributed by atoms with E-state index in [9.17, 15) is 0 Å². The molecule has 1 aromatic rings. The molecule has 0 spiro atoms. The lowest BCUT2D eigenvalue weighted by Crippen LogP contribution is -2.22. The Balaban J connectivity index is 1.58. The summed E-state index contributed by atoms with van der Waals surface area (Å²) in [5.41, 5.74) is 10.0. The zero-order valence-corrected chi connectivity index (χ0v) is 13.3. The Labute approximate surface area is 131 Å². The van der Waals surface area contributed by atoms with Crippen LogP contribution in [0.2, 0.25) is 0 Å². The second kappa shape index (κ2) is 4.94. The van der Waals surface area contributed by atoms with Crippen molar-refractivity contribution in [1.82, 2.24) is 4.98 Å². The Morgan fingerprint density at radius 1 is 1.33 bits per heavy atom. The van der Waals surface area contributed by atoms with Gasteiger partial charge >= 0.3 is 0 Å². The Bertz CT molecular complexity index is 588. The standard InChI is InChI=1S/C17H23N3S/c18-15(21)13-9-11-3-1-2-4-14(11)20-16(13)19-10-17(7-8-17)12-5-6-12/h9,12H,1-8,10H2,(H2,18,21)(H,19,20). The Kier molecular flexibility index (Phi) is 3.18. The van der Waals surface area contributed by atoms with Gasteiger partial charge in [0.1, 0.15) is 10.8 Å². The minimum Gasteiger partial charge on any atom is -0.389 e. The minimum atomic E-state index is 0.467. The van der Waals surface area contributed by atoms with Crippen LogP contribution in [0, 0.1) is 11.3 Å². The van der Waals surface area contributed by atoms with Crippen LogP contribution in [0.25, 0.3) is 0 Å². The average Bonchev–Trinajstić information content (AvgIpc) is 3.37. The number of nitrogens with zero attached hydrogens (tertiary/aromatic N) is 1. The van der Waals surface area contributed by atoms with Crippen LogP contribution in [0.1, 0.15) is 55.3 Å². The molecular weight excluding hydrogens is 278 g/mol. The van der Waals surface area contributed by atoms with E-state index in [0.29, 0.717) is 10.4 Å². The van der Waals surface area contributed by atoms with Gasteiger partial charge in [-0.15, -0.1) is 0 Å². The number of fused-ring (bicyclic) bond motifs is 1. The second-order valence-electron chi connectivity index (χ2n) is 7.05. The van der Waals surface area contributed by atoms with Gasteiger partial charge in [-0.05, 0) is 74.3 Å². The van der Waals surface area contributed by atoms with E-state index in [2.05, 4.69) is 11.4 Å². The average molecular weight is 301 g/mol. The Hall–Kier alpha value is -1.16. The van der Waals surface area contributed by atoms with E-state index in [4.69, 9.17) is 22.9 Å². The topological polar surface area (TPSA) is 50.9 Å². The van der Waals surface area contributed by atoms with Gasteiger partial charge in [-0.3, -0.25) is 0 Å². The fourth-order valence-electron chi connectivity index (χ4n) is 3.80. The summed E-state index contributed by atoms with van der Waals surface area (Å²) in [6, 6.07) is 2.18. The maximum absolute atomic E-state index is 5.93. The normalized spacial score (nSPS) is 22.5. The molecule has 0 bridgehead atoms. The van der Waals surface area contributed by atoms with E-state index < -0.39 is 0 Å². The van der Waals surface area contributed by atoms with E-state index in [0.717, 1.165) is 36.7 Å². The first-order chi connectivity index (χ1) is 10.2. The van der Waals surface area contributed by atoms with Gasteiger partial charge in [0.25, 0.3) is 0 Å². The van der Waals surface area contributed by atoms with Gasteiger partial charge in [-0.1, -0.05) is 12.2 Å². The monoisotopic (exact) mass is 301 g/mol. The number of hydrogen-bond donors (Lipinski definition) is 2. The van der Waals surface area contributed by atoms with Crippen molar-refractivity contribution in [3.05, 3.63) is 22.9 Å². The zero-order chi connectivity index (χ0) is 14.4. The van der Waals surface area contributed by atoms with Gasteiger partial charge in [-0.25, -0.2) is 4.98 Å². The summed E-state index contributed by atoms with van der Waals surface area (Å²) in [5, 5.41) is 3.59. The quantitative estimate of drug-likeness (QED) is 0.820. The molecular formula is C17H23N3S. The van der Waals surface area contributed by atoms with Crippen molar-refractivity contribution in [2.24, 2.45) is 17.1 Å². The van der Waals surface area contributed by atoms with Crippen molar-refractivity contribution >= 4 is 23.0 Å². The van der Waals surface area contributed by atoms with Crippen LogP contribution in [-0.4, -0.2) is 16.5 Å². The van der Waals surface area contributed by atoms with Crippen LogP contribution in [0.4, 0.5) is 5.82 Å². The van der Waals surface area contributed by atoms with Crippen molar-refractivity contribution < 1.29 is 0 Å². The van der Waals surface area contributed by atoms with Crippen LogP contribution in [0.5, 0.6) is 0 Å². The van der Waals surface area contributed by atoms with Gasteiger partial charge in [-0.2, -0.15) is 0 Å². The second-order valence-corrected chi connectivity index (χ2v) is 7.49. The van der Waals surface area contributed by atoms with Gasteiger partial charge in [0.05, 0.1) is 5.56 Å². The number of rotatable bonds is 5. The van der Waals surface area contributed by atoms with E-state index in [1.54, 1.807) is 0 Å². The molecule has 3 N–H and O–H groups in total. The van der Waals surface area contributed by atoms with Crippen molar-refractivity contribution in [3.8, 4) is 0 Å². The third kappa shape index (κ3) is 2.54. The van der Waals surface area contributed by atoms with Crippen LogP contribution >= 0.6 is 12.2 Å². The summed E-state index contributed by atoms with van der Waals surface area (Å²) >= 11 is 5.24. The number of aromatic nitrogens is 1. The van der Waals surface area contributed by atoms with Crippen LogP contribution in [0.15, 0.2) is 6.07 Å². The molecule has 0 aliphatic heterocycles. The maximum atomic E-state index is 5.93. The van der Waals surface area contributed by atoms with Gasteiger partial charge < -0.3 is 11.1 Å². The molecule has 1 heterocycles. The molecule has 0 saturated heterocycles. The number of thiocarbonyl (C=S) groups is 1. The summed E-state index contributed by atoms with van der Waals surface area (Å²) in [4.78, 5) is 5.33. The molecule has 3 aliphatic rings. The van der Waals surface area contributed by atoms with Gasteiger partial charge in [0, 0.05) is 12.2 Å². The molecule has 0 unspecified atom stereocenters. The highest BCUT2D eigenvalue weighted by atomic mass is 32.1. The molecule has 0 amide bonds. The third-order valence-corrected chi connectivity index (χ3v) is 5.73. The van der Waals surface area contributed by atoms with E-state index in [1.807, 2.05) is 0 Å². The minimum absolute atomic E-state index is 0.467. The highest BCUT2D eigenvalue weighted by Crippen LogP contribution is 2.61. The van der Waals surface area contributed by atoms with E-state index in [1.165, 1.54) is 49.8 Å². The SMILES string of the molecule is NC(=S)c1cc2c(nc1NCC1(C3CC3)CC1)CCCC2. The summed E-state index contributed by atoms with van der Waals surface area (Å²) in [7, 11) is 0. The molecule has 0 aromatic carbocycles. The first-order valence-electron chi connectivity index (χ1n) is 8.24. The molecule has 4 heteroatoms. The lowest BCUT2D eigenvalue weighted by atomic mass is 9.94. The molecule has 3 nitrogen and oxygen atoms in total. The molecule has 0 atom stereocenters. The van der Waals surface area contributed by atoms with Crippen LogP contribution < -0.4 is 11.1 Å². The lowest BCUT2D eigenvalue weighted by molar-refractivity contribution is 0.466. The van der Waals surface area contributed by atoms with Crippen molar-refractivity contribution in [2.45, 2.75) is 51.4 Å². The van der Waals surface area contributed by atoms with Crippen molar-refractivity contribution in [2.75, 3.05) is 11.9 Å². The summed E-state index contributed by atoms with van der Waals surface area (Å²) in [6.45, 7) is 1.04. The predicted octanol–water partition coefficient (Wildman–Crippen LogP) is 3.20. The summed E-state index contributed by atoms with van der Waals surface area (Å²) in [5.74, 6) is 1.88. The molecule has 0 radical (unpaired) electrons. The number of hydrogen-bond acceptors (Lipinski definition) is 3. The highest BCUT2D eigenvalue weighted by Gasteiger charge is 2.53. The molecule has 21 heavy (non-hydrogen) atoms. The number of anilines is 1. The molecule has 2 saturated carbocycles.